The first-order valence-electron chi connectivity index (χ1n) is 6.49. The SMILES string of the molecule is CN(Cc1ccc(Br)s1)S(=O)(=O)c1ccc2c(c1)C(=O)NC2=O. The van der Waals surface area contributed by atoms with Crippen LogP contribution in [0.1, 0.15) is 25.6 Å². The van der Waals surface area contributed by atoms with Gasteiger partial charge in [-0.3, -0.25) is 14.9 Å². The molecular formula is C14H11BrN2O4S2. The molecule has 0 saturated heterocycles. The van der Waals surface area contributed by atoms with E-state index in [2.05, 4.69) is 21.2 Å². The summed E-state index contributed by atoms with van der Waals surface area (Å²) in [6, 6.07) is 7.64. The molecule has 1 aliphatic heterocycles. The summed E-state index contributed by atoms with van der Waals surface area (Å²) in [6.07, 6.45) is 0. The first kappa shape index (κ1) is 16.3. The highest BCUT2D eigenvalue weighted by Gasteiger charge is 2.30. The van der Waals surface area contributed by atoms with Crippen molar-refractivity contribution in [3.8, 4) is 0 Å². The summed E-state index contributed by atoms with van der Waals surface area (Å²) < 4.78 is 27.4. The Balaban J connectivity index is 1.92. The monoisotopic (exact) mass is 414 g/mol. The summed E-state index contributed by atoms with van der Waals surface area (Å²) in [5.74, 6) is -1.09. The molecular weight excluding hydrogens is 404 g/mol. The van der Waals surface area contributed by atoms with Gasteiger partial charge in [-0.05, 0) is 46.3 Å². The molecule has 0 bridgehead atoms. The lowest BCUT2D eigenvalue weighted by Crippen LogP contribution is -2.26. The van der Waals surface area contributed by atoms with E-state index in [1.165, 1.54) is 40.9 Å². The molecule has 1 N–H and O–H groups in total. The van der Waals surface area contributed by atoms with Crippen molar-refractivity contribution in [1.29, 1.82) is 0 Å². The number of imide groups is 1. The third-order valence-electron chi connectivity index (χ3n) is 3.42. The van der Waals surface area contributed by atoms with Crippen LogP contribution in [0.4, 0.5) is 0 Å². The fraction of sp³-hybridized carbons (Fsp3) is 0.143. The molecule has 0 radical (unpaired) electrons. The van der Waals surface area contributed by atoms with Gasteiger partial charge >= 0.3 is 0 Å². The van der Waals surface area contributed by atoms with Crippen LogP contribution in [0.3, 0.4) is 0 Å². The fourth-order valence-electron chi connectivity index (χ4n) is 2.23. The quantitative estimate of drug-likeness (QED) is 0.777. The summed E-state index contributed by atoms with van der Waals surface area (Å²) in [7, 11) is -2.28. The third-order valence-corrected chi connectivity index (χ3v) is 6.83. The lowest BCUT2D eigenvalue weighted by atomic mass is 10.1. The summed E-state index contributed by atoms with van der Waals surface area (Å²) in [4.78, 5) is 24.1. The number of hydrogen-bond acceptors (Lipinski definition) is 5. The Morgan fingerprint density at radius 3 is 2.48 bits per heavy atom. The van der Waals surface area contributed by atoms with Gasteiger partial charge in [0.2, 0.25) is 10.0 Å². The van der Waals surface area contributed by atoms with Crippen molar-refractivity contribution < 1.29 is 18.0 Å². The van der Waals surface area contributed by atoms with Gasteiger partial charge in [0.05, 0.1) is 19.8 Å². The van der Waals surface area contributed by atoms with Crippen molar-refractivity contribution in [1.82, 2.24) is 9.62 Å². The largest absolute Gasteiger partial charge is 0.288 e. The second-order valence-electron chi connectivity index (χ2n) is 4.96. The van der Waals surface area contributed by atoms with Crippen molar-refractivity contribution in [2.24, 2.45) is 0 Å². The second kappa shape index (κ2) is 5.82. The van der Waals surface area contributed by atoms with E-state index in [0.29, 0.717) is 0 Å². The molecule has 120 valence electrons. The van der Waals surface area contributed by atoms with Crippen LogP contribution in [0.2, 0.25) is 0 Å². The minimum atomic E-state index is -3.76. The number of fused-ring (bicyclic) bond motifs is 1. The maximum atomic E-state index is 12.6. The summed E-state index contributed by atoms with van der Waals surface area (Å²) in [5.41, 5.74) is 0.280. The number of sulfonamides is 1. The number of carbonyl (C=O) groups is 2. The van der Waals surface area contributed by atoms with Gasteiger partial charge in [0.15, 0.2) is 0 Å². The van der Waals surface area contributed by atoms with Crippen molar-refractivity contribution in [2.45, 2.75) is 11.4 Å². The number of halogens is 1. The van der Waals surface area contributed by atoms with Crippen LogP contribution < -0.4 is 5.32 Å². The third kappa shape index (κ3) is 2.97. The van der Waals surface area contributed by atoms with Crippen LogP contribution in [-0.2, 0) is 16.6 Å². The standard InChI is InChI=1S/C14H11BrN2O4S2/c1-17(7-8-2-5-12(15)22-8)23(20,21)9-3-4-10-11(6-9)14(19)16-13(10)18/h2-6H,7H2,1H3,(H,16,18,19). The zero-order valence-corrected chi connectivity index (χ0v) is 15.1. The molecule has 0 saturated carbocycles. The molecule has 2 aromatic rings. The van der Waals surface area contributed by atoms with Crippen molar-refractivity contribution in [3.05, 3.63) is 50.1 Å². The first-order valence-corrected chi connectivity index (χ1v) is 9.54. The Kier molecular flexibility index (Phi) is 4.13. The van der Waals surface area contributed by atoms with E-state index in [0.717, 1.165) is 8.66 Å². The molecule has 3 rings (SSSR count). The zero-order valence-electron chi connectivity index (χ0n) is 11.9. The lowest BCUT2D eigenvalue weighted by molar-refractivity contribution is 0.0879. The van der Waals surface area contributed by atoms with Crippen LogP contribution in [0.5, 0.6) is 0 Å². The van der Waals surface area contributed by atoms with Crippen LogP contribution >= 0.6 is 27.3 Å². The maximum Gasteiger partial charge on any atom is 0.258 e. The van der Waals surface area contributed by atoms with Gasteiger partial charge < -0.3 is 0 Å². The molecule has 0 unspecified atom stereocenters. The summed E-state index contributed by atoms with van der Waals surface area (Å²) in [6.45, 7) is 0.223. The molecule has 1 aromatic carbocycles. The van der Waals surface area contributed by atoms with E-state index in [4.69, 9.17) is 0 Å². The Morgan fingerprint density at radius 1 is 1.13 bits per heavy atom. The average Bonchev–Trinajstić information content (AvgIpc) is 3.03. The molecule has 0 atom stereocenters. The second-order valence-corrected chi connectivity index (χ2v) is 9.55. The molecule has 6 nitrogen and oxygen atoms in total. The van der Waals surface area contributed by atoms with Crippen molar-refractivity contribution in [2.75, 3.05) is 7.05 Å². The Morgan fingerprint density at radius 2 is 1.83 bits per heavy atom. The summed E-state index contributed by atoms with van der Waals surface area (Å²) >= 11 is 4.79. The molecule has 1 aliphatic rings. The van der Waals surface area contributed by atoms with Gasteiger partial charge in [0.25, 0.3) is 11.8 Å². The van der Waals surface area contributed by atoms with E-state index in [9.17, 15) is 18.0 Å². The lowest BCUT2D eigenvalue weighted by Gasteiger charge is -2.16. The van der Waals surface area contributed by atoms with Crippen molar-refractivity contribution in [3.63, 3.8) is 0 Å². The van der Waals surface area contributed by atoms with Gasteiger partial charge in [-0.2, -0.15) is 4.31 Å². The summed E-state index contributed by atoms with van der Waals surface area (Å²) in [5, 5.41) is 2.14. The number of nitrogens with zero attached hydrogens (tertiary/aromatic N) is 1. The first-order chi connectivity index (χ1) is 10.8. The molecule has 1 aromatic heterocycles. The average molecular weight is 415 g/mol. The number of benzene rings is 1. The molecule has 0 fully saturated rings. The Bertz CT molecular complexity index is 921. The molecule has 23 heavy (non-hydrogen) atoms. The normalized spacial score (nSPS) is 14.2. The number of carbonyl (C=O) groups excluding carboxylic acids is 2. The van der Waals surface area contributed by atoms with Gasteiger partial charge in [0, 0.05) is 18.5 Å². The number of hydrogen-bond donors (Lipinski definition) is 1. The smallest absolute Gasteiger partial charge is 0.258 e. The minimum Gasteiger partial charge on any atom is -0.288 e. The van der Waals surface area contributed by atoms with Gasteiger partial charge in [-0.25, -0.2) is 8.42 Å². The molecule has 2 heterocycles. The zero-order chi connectivity index (χ0) is 16.8. The van der Waals surface area contributed by atoms with Crippen LogP contribution in [-0.4, -0.2) is 31.6 Å². The van der Waals surface area contributed by atoms with E-state index in [1.54, 1.807) is 0 Å². The predicted octanol–water partition coefficient (Wildman–Crippen LogP) is 2.21. The highest BCUT2D eigenvalue weighted by atomic mass is 79.9. The van der Waals surface area contributed by atoms with Gasteiger partial charge in [0.1, 0.15) is 0 Å². The highest BCUT2D eigenvalue weighted by molar-refractivity contribution is 9.11. The molecule has 2 amide bonds. The van der Waals surface area contributed by atoms with E-state index in [-0.39, 0.29) is 22.6 Å². The minimum absolute atomic E-state index is 0.0146. The molecule has 9 heteroatoms. The molecule has 0 spiro atoms. The van der Waals surface area contributed by atoms with Crippen LogP contribution in [0.15, 0.2) is 39.0 Å². The number of thiophene rings is 1. The number of nitrogens with one attached hydrogen (secondary N) is 1. The van der Waals surface area contributed by atoms with Crippen LogP contribution in [0, 0.1) is 0 Å². The number of amides is 2. The van der Waals surface area contributed by atoms with Crippen molar-refractivity contribution >= 4 is 49.1 Å². The topological polar surface area (TPSA) is 83.6 Å². The van der Waals surface area contributed by atoms with Crippen LogP contribution in [0.25, 0.3) is 0 Å². The van der Waals surface area contributed by atoms with E-state index < -0.39 is 21.8 Å². The van der Waals surface area contributed by atoms with Gasteiger partial charge in [-0.1, -0.05) is 0 Å². The predicted molar refractivity (Wildman–Crippen MR) is 88.9 cm³/mol. The number of rotatable bonds is 4. The molecule has 0 aliphatic carbocycles. The highest BCUT2D eigenvalue weighted by Crippen LogP contribution is 2.26. The van der Waals surface area contributed by atoms with E-state index in [1.807, 2.05) is 12.1 Å². The van der Waals surface area contributed by atoms with Gasteiger partial charge in [-0.15, -0.1) is 11.3 Å². The maximum absolute atomic E-state index is 12.6. The van der Waals surface area contributed by atoms with E-state index >= 15 is 0 Å². The Labute approximate surface area is 145 Å². The Hall–Kier alpha value is -1.55. The fourth-order valence-corrected chi connectivity index (χ4v) is 5.02.